The van der Waals surface area contributed by atoms with Crippen LogP contribution in [0.5, 0.6) is 0 Å². The van der Waals surface area contributed by atoms with Crippen LogP contribution < -0.4 is 5.56 Å². The highest BCUT2D eigenvalue weighted by atomic mass is 32.1. The minimum absolute atomic E-state index is 0.0992. The fourth-order valence-corrected chi connectivity index (χ4v) is 5.38. The summed E-state index contributed by atoms with van der Waals surface area (Å²) in [7, 11) is 0. The van der Waals surface area contributed by atoms with Crippen LogP contribution in [-0.2, 0) is 24.2 Å². The standard InChI is InChI=1S/C23H19N3O5S/c1-2-9-25-20(28)15-8-7-13(10-16(15)21(25)29)22(30)31-12-14-11-19(27)26-17-5-3-4-6-18(17)32-23(26)24-14/h2,7-8,10-11H,1,3-6,9,12H2. The summed E-state index contributed by atoms with van der Waals surface area (Å²) in [5.74, 6) is -1.55. The number of aromatic nitrogens is 2. The van der Waals surface area contributed by atoms with Crippen molar-refractivity contribution in [2.45, 2.75) is 32.3 Å². The van der Waals surface area contributed by atoms with E-state index in [2.05, 4.69) is 11.6 Å². The predicted molar refractivity (Wildman–Crippen MR) is 117 cm³/mol. The quantitative estimate of drug-likeness (QED) is 0.338. The third-order valence-electron chi connectivity index (χ3n) is 5.68. The lowest BCUT2D eigenvalue weighted by atomic mass is 10.0. The van der Waals surface area contributed by atoms with Gasteiger partial charge in [-0.1, -0.05) is 6.08 Å². The molecule has 0 saturated carbocycles. The Bertz CT molecular complexity index is 1370. The monoisotopic (exact) mass is 449 g/mol. The van der Waals surface area contributed by atoms with Gasteiger partial charge in [-0.3, -0.25) is 23.7 Å². The maximum Gasteiger partial charge on any atom is 0.338 e. The Balaban J connectivity index is 1.35. The lowest BCUT2D eigenvalue weighted by Gasteiger charge is -2.10. The summed E-state index contributed by atoms with van der Waals surface area (Å²) in [6.07, 6.45) is 5.46. The summed E-state index contributed by atoms with van der Waals surface area (Å²) in [5, 5.41) is 0. The first kappa shape index (κ1) is 20.3. The van der Waals surface area contributed by atoms with E-state index in [9.17, 15) is 19.2 Å². The molecule has 1 aliphatic carbocycles. The van der Waals surface area contributed by atoms with Crippen LogP contribution in [0.4, 0.5) is 0 Å². The molecule has 32 heavy (non-hydrogen) atoms. The van der Waals surface area contributed by atoms with Crippen LogP contribution in [0.3, 0.4) is 0 Å². The van der Waals surface area contributed by atoms with E-state index in [-0.39, 0.29) is 35.4 Å². The molecule has 3 heterocycles. The maximum absolute atomic E-state index is 12.6. The molecule has 162 valence electrons. The van der Waals surface area contributed by atoms with Crippen LogP contribution in [0.2, 0.25) is 0 Å². The van der Waals surface area contributed by atoms with Gasteiger partial charge in [0.2, 0.25) is 0 Å². The minimum atomic E-state index is -0.664. The first-order valence-corrected chi connectivity index (χ1v) is 11.1. The number of ether oxygens (including phenoxy) is 1. The average molecular weight is 449 g/mol. The lowest BCUT2D eigenvalue weighted by Crippen LogP contribution is -2.29. The first-order valence-electron chi connectivity index (χ1n) is 10.3. The number of carbonyl (C=O) groups is 3. The second-order valence-electron chi connectivity index (χ2n) is 7.73. The molecule has 9 heteroatoms. The van der Waals surface area contributed by atoms with Gasteiger partial charge in [0.15, 0.2) is 4.96 Å². The van der Waals surface area contributed by atoms with Gasteiger partial charge in [-0.2, -0.15) is 0 Å². The van der Waals surface area contributed by atoms with Crippen molar-refractivity contribution in [2.75, 3.05) is 6.54 Å². The summed E-state index contributed by atoms with van der Waals surface area (Å²) in [6, 6.07) is 5.64. The van der Waals surface area contributed by atoms with Gasteiger partial charge in [-0.05, 0) is 43.9 Å². The number of nitrogens with zero attached hydrogens (tertiary/aromatic N) is 3. The van der Waals surface area contributed by atoms with Gasteiger partial charge < -0.3 is 4.74 Å². The van der Waals surface area contributed by atoms with Gasteiger partial charge >= 0.3 is 5.97 Å². The highest BCUT2D eigenvalue weighted by molar-refractivity contribution is 7.17. The largest absolute Gasteiger partial charge is 0.456 e. The Morgan fingerprint density at radius 3 is 2.72 bits per heavy atom. The molecule has 0 radical (unpaired) electrons. The number of benzene rings is 1. The van der Waals surface area contributed by atoms with Gasteiger partial charge in [-0.15, -0.1) is 17.9 Å². The third kappa shape index (κ3) is 3.25. The molecule has 0 unspecified atom stereocenters. The number of carbonyl (C=O) groups excluding carboxylic acids is 3. The summed E-state index contributed by atoms with van der Waals surface area (Å²) in [5.41, 5.74) is 1.79. The predicted octanol–water partition coefficient (Wildman–Crippen LogP) is 2.77. The minimum Gasteiger partial charge on any atom is -0.456 e. The molecule has 0 N–H and O–H groups in total. The molecule has 5 rings (SSSR count). The number of imide groups is 1. The first-order chi connectivity index (χ1) is 15.5. The molecule has 0 fully saturated rings. The van der Waals surface area contributed by atoms with E-state index in [1.165, 1.54) is 46.6 Å². The SMILES string of the molecule is C=CCN1C(=O)c2ccc(C(=O)OCc3cc(=O)n4c5c(sc4n3)CCCC5)cc2C1=O. The number of rotatable bonds is 5. The zero-order valence-electron chi connectivity index (χ0n) is 17.1. The van der Waals surface area contributed by atoms with Crippen molar-refractivity contribution in [3.8, 4) is 0 Å². The Labute approximate surface area is 186 Å². The van der Waals surface area contributed by atoms with Crippen LogP contribution in [0, 0.1) is 0 Å². The van der Waals surface area contributed by atoms with Crippen molar-refractivity contribution >= 4 is 34.1 Å². The number of fused-ring (bicyclic) bond motifs is 4. The molecule has 3 aromatic rings. The van der Waals surface area contributed by atoms with Gasteiger partial charge in [0.25, 0.3) is 17.4 Å². The van der Waals surface area contributed by atoms with Gasteiger partial charge in [-0.25, -0.2) is 9.78 Å². The Morgan fingerprint density at radius 2 is 1.91 bits per heavy atom. The number of amides is 2. The zero-order chi connectivity index (χ0) is 22.4. The highest BCUT2D eigenvalue weighted by Crippen LogP contribution is 2.28. The van der Waals surface area contributed by atoms with Crippen molar-refractivity contribution < 1.29 is 19.1 Å². The normalized spacial score (nSPS) is 15.1. The van der Waals surface area contributed by atoms with E-state index >= 15 is 0 Å². The second-order valence-corrected chi connectivity index (χ2v) is 8.79. The topological polar surface area (TPSA) is 98.1 Å². The van der Waals surface area contributed by atoms with Gasteiger partial charge in [0.1, 0.15) is 6.61 Å². The Hall–Kier alpha value is -3.59. The summed E-state index contributed by atoms with van der Waals surface area (Å²) < 4.78 is 7.00. The van der Waals surface area contributed by atoms with Gasteiger partial charge in [0.05, 0.1) is 22.4 Å². The van der Waals surface area contributed by atoms with Crippen LogP contribution in [0.25, 0.3) is 4.96 Å². The fourth-order valence-electron chi connectivity index (χ4n) is 4.15. The van der Waals surface area contributed by atoms with E-state index in [1.807, 2.05) is 0 Å². The smallest absolute Gasteiger partial charge is 0.338 e. The van der Waals surface area contributed by atoms with Crippen molar-refractivity contribution in [2.24, 2.45) is 0 Å². The van der Waals surface area contributed by atoms with E-state index < -0.39 is 17.8 Å². The van der Waals surface area contributed by atoms with Crippen molar-refractivity contribution in [3.05, 3.63) is 80.2 Å². The number of esters is 1. The molecule has 0 spiro atoms. The molecule has 0 saturated heterocycles. The molecule has 2 amide bonds. The molecular weight excluding hydrogens is 430 g/mol. The molecule has 2 aliphatic rings. The van der Waals surface area contributed by atoms with Crippen LogP contribution in [-0.4, -0.2) is 38.6 Å². The lowest BCUT2D eigenvalue weighted by molar-refractivity contribution is 0.0467. The molecule has 2 aromatic heterocycles. The summed E-state index contributed by atoms with van der Waals surface area (Å²) >= 11 is 1.51. The van der Waals surface area contributed by atoms with Crippen molar-refractivity contribution in [1.29, 1.82) is 0 Å². The second kappa shape index (κ2) is 7.83. The van der Waals surface area contributed by atoms with E-state index in [0.29, 0.717) is 10.7 Å². The Morgan fingerprint density at radius 1 is 1.12 bits per heavy atom. The van der Waals surface area contributed by atoms with Crippen molar-refractivity contribution in [3.63, 3.8) is 0 Å². The van der Waals surface area contributed by atoms with E-state index in [4.69, 9.17) is 4.74 Å². The number of hydrogen-bond donors (Lipinski definition) is 0. The molecule has 0 atom stereocenters. The molecule has 0 bridgehead atoms. The number of thiazole rings is 1. The molecule has 1 aromatic carbocycles. The maximum atomic E-state index is 12.6. The Kier molecular flexibility index (Phi) is 4.97. The molecule has 8 nitrogen and oxygen atoms in total. The van der Waals surface area contributed by atoms with E-state index in [1.54, 1.807) is 4.40 Å². The number of aryl methyl sites for hydroxylation is 2. The van der Waals surface area contributed by atoms with E-state index in [0.717, 1.165) is 36.3 Å². The molecular formula is C23H19N3O5S. The summed E-state index contributed by atoms with van der Waals surface area (Å²) in [4.78, 5) is 57.3. The zero-order valence-corrected chi connectivity index (χ0v) is 17.9. The number of hydrogen-bond acceptors (Lipinski definition) is 7. The van der Waals surface area contributed by atoms with Crippen molar-refractivity contribution in [1.82, 2.24) is 14.3 Å². The molecule has 1 aliphatic heterocycles. The summed E-state index contributed by atoms with van der Waals surface area (Å²) in [6.45, 7) is 3.48. The van der Waals surface area contributed by atoms with Crippen LogP contribution in [0.1, 0.15) is 60.2 Å². The van der Waals surface area contributed by atoms with Crippen LogP contribution >= 0.6 is 11.3 Å². The average Bonchev–Trinajstić information content (AvgIpc) is 3.28. The van der Waals surface area contributed by atoms with Crippen LogP contribution in [0.15, 0.2) is 41.7 Å². The third-order valence-corrected chi connectivity index (χ3v) is 6.83. The fraction of sp³-hybridized carbons (Fsp3) is 0.261. The highest BCUT2D eigenvalue weighted by Gasteiger charge is 2.35. The van der Waals surface area contributed by atoms with Gasteiger partial charge in [0, 0.05) is 23.2 Å².